The highest BCUT2D eigenvalue weighted by molar-refractivity contribution is 7.80. The first-order valence-corrected chi connectivity index (χ1v) is 7.39. The molecule has 1 aromatic carbocycles. The molecule has 0 amide bonds. The number of thiocarbonyl (C=S) groups is 1. The van der Waals surface area contributed by atoms with Gasteiger partial charge in [0.2, 0.25) is 0 Å². The number of nitrogens with two attached hydrogens (primary N) is 1. The molecule has 0 spiro atoms. The summed E-state index contributed by atoms with van der Waals surface area (Å²) in [5.41, 5.74) is 7.89. The molecule has 4 heteroatoms. The van der Waals surface area contributed by atoms with E-state index >= 15 is 0 Å². The molecule has 2 aliphatic rings. The van der Waals surface area contributed by atoms with Gasteiger partial charge in [0.15, 0.2) is 0 Å². The Balaban J connectivity index is 1.68. The molecule has 2 fully saturated rings. The van der Waals surface area contributed by atoms with E-state index in [2.05, 4.69) is 17.0 Å². The molecule has 2 N–H and O–H groups in total. The fraction of sp³-hybridized carbons (Fsp3) is 0.533. The standard InChI is InChI=1S/C15H20N2OS/c16-15(19)12-6-4-11(5-7-12)10-17-8-9-18-14-3-1-2-13(14)17/h4-7,13-14H,1-3,8-10H2,(H2,16,19). The van der Waals surface area contributed by atoms with Crippen molar-refractivity contribution in [3.8, 4) is 0 Å². The summed E-state index contributed by atoms with van der Waals surface area (Å²) in [6, 6.07) is 8.92. The number of benzene rings is 1. The number of morpholine rings is 1. The predicted octanol–water partition coefficient (Wildman–Crippen LogP) is 2.07. The van der Waals surface area contributed by atoms with Crippen molar-refractivity contribution < 1.29 is 4.74 Å². The number of fused-ring (bicyclic) bond motifs is 1. The van der Waals surface area contributed by atoms with Crippen molar-refractivity contribution in [2.45, 2.75) is 38.0 Å². The van der Waals surface area contributed by atoms with Gasteiger partial charge in [0, 0.05) is 24.7 Å². The highest BCUT2D eigenvalue weighted by Gasteiger charge is 2.35. The van der Waals surface area contributed by atoms with Gasteiger partial charge in [-0.1, -0.05) is 36.5 Å². The van der Waals surface area contributed by atoms with Crippen molar-refractivity contribution in [1.82, 2.24) is 4.90 Å². The molecular formula is C15H20N2OS. The molecule has 0 radical (unpaired) electrons. The molecule has 2 atom stereocenters. The number of rotatable bonds is 3. The van der Waals surface area contributed by atoms with E-state index in [1.165, 1.54) is 24.8 Å². The zero-order valence-corrected chi connectivity index (χ0v) is 11.9. The van der Waals surface area contributed by atoms with Gasteiger partial charge in [0.1, 0.15) is 4.99 Å². The van der Waals surface area contributed by atoms with Crippen molar-refractivity contribution in [3.63, 3.8) is 0 Å². The lowest BCUT2D eigenvalue weighted by Crippen LogP contribution is -2.47. The Labute approximate surface area is 119 Å². The van der Waals surface area contributed by atoms with E-state index in [-0.39, 0.29) is 0 Å². The zero-order chi connectivity index (χ0) is 13.2. The molecule has 1 aromatic rings. The molecule has 2 unspecified atom stereocenters. The normalized spacial score (nSPS) is 27.2. The van der Waals surface area contributed by atoms with Crippen LogP contribution < -0.4 is 5.73 Å². The largest absolute Gasteiger partial charge is 0.389 e. The molecule has 19 heavy (non-hydrogen) atoms. The molecule has 3 nitrogen and oxygen atoms in total. The quantitative estimate of drug-likeness (QED) is 0.858. The number of nitrogens with zero attached hydrogens (tertiary/aromatic N) is 1. The van der Waals surface area contributed by atoms with Crippen LogP contribution in [0.3, 0.4) is 0 Å². The van der Waals surface area contributed by atoms with Crippen LogP contribution in [0.15, 0.2) is 24.3 Å². The maximum absolute atomic E-state index is 5.85. The summed E-state index contributed by atoms with van der Waals surface area (Å²) in [5.74, 6) is 0. The highest BCUT2D eigenvalue weighted by Crippen LogP contribution is 2.30. The molecule has 102 valence electrons. The van der Waals surface area contributed by atoms with E-state index in [1.807, 2.05) is 12.1 Å². The summed E-state index contributed by atoms with van der Waals surface area (Å²) in [4.78, 5) is 3.03. The van der Waals surface area contributed by atoms with Crippen LogP contribution in [0.2, 0.25) is 0 Å². The van der Waals surface area contributed by atoms with Gasteiger partial charge in [-0.3, -0.25) is 4.90 Å². The maximum atomic E-state index is 5.85. The molecular weight excluding hydrogens is 256 g/mol. The Morgan fingerprint density at radius 2 is 2.11 bits per heavy atom. The van der Waals surface area contributed by atoms with Crippen LogP contribution in [0, 0.1) is 0 Å². The second-order valence-corrected chi connectivity index (χ2v) is 5.88. The van der Waals surface area contributed by atoms with Crippen molar-refractivity contribution in [3.05, 3.63) is 35.4 Å². The Hall–Kier alpha value is -0.970. The van der Waals surface area contributed by atoms with Gasteiger partial charge in [-0.05, 0) is 24.8 Å². The van der Waals surface area contributed by atoms with Crippen LogP contribution in [0.1, 0.15) is 30.4 Å². The third-order valence-corrected chi connectivity index (χ3v) is 4.46. The topological polar surface area (TPSA) is 38.5 Å². The second-order valence-electron chi connectivity index (χ2n) is 5.44. The van der Waals surface area contributed by atoms with Gasteiger partial charge in [-0.2, -0.15) is 0 Å². The van der Waals surface area contributed by atoms with Crippen molar-refractivity contribution in [2.24, 2.45) is 5.73 Å². The number of hydrogen-bond donors (Lipinski definition) is 1. The van der Waals surface area contributed by atoms with Crippen LogP contribution in [-0.2, 0) is 11.3 Å². The van der Waals surface area contributed by atoms with Crippen LogP contribution in [0.5, 0.6) is 0 Å². The van der Waals surface area contributed by atoms with E-state index in [9.17, 15) is 0 Å². The Morgan fingerprint density at radius 1 is 1.32 bits per heavy atom. The summed E-state index contributed by atoms with van der Waals surface area (Å²) in [7, 11) is 0. The van der Waals surface area contributed by atoms with Gasteiger partial charge in [-0.15, -0.1) is 0 Å². The molecule has 0 bridgehead atoms. The van der Waals surface area contributed by atoms with Crippen LogP contribution >= 0.6 is 12.2 Å². The van der Waals surface area contributed by atoms with Crippen LogP contribution in [0.25, 0.3) is 0 Å². The van der Waals surface area contributed by atoms with Gasteiger partial charge < -0.3 is 10.5 Å². The van der Waals surface area contributed by atoms with E-state index < -0.39 is 0 Å². The van der Waals surface area contributed by atoms with Crippen molar-refractivity contribution in [1.29, 1.82) is 0 Å². The van der Waals surface area contributed by atoms with Gasteiger partial charge in [-0.25, -0.2) is 0 Å². The zero-order valence-electron chi connectivity index (χ0n) is 11.0. The van der Waals surface area contributed by atoms with Crippen LogP contribution in [0.4, 0.5) is 0 Å². The fourth-order valence-electron chi connectivity index (χ4n) is 3.21. The van der Waals surface area contributed by atoms with Gasteiger partial charge in [0.25, 0.3) is 0 Å². The first kappa shape index (κ1) is 13.0. The minimum Gasteiger partial charge on any atom is -0.389 e. The first-order chi connectivity index (χ1) is 9.24. The van der Waals surface area contributed by atoms with Crippen molar-refractivity contribution >= 4 is 17.2 Å². The Morgan fingerprint density at radius 3 is 2.84 bits per heavy atom. The second kappa shape index (κ2) is 5.57. The lowest BCUT2D eigenvalue weighted by molar-refractivity contribution is -0.0588. The monoisotopic (exact) mass is 276 g/mol. The van der Waals surface area contributed by atoms with Gasteiger partial charge >= 0.3 is 0 Å². The minimum atomic E-state index is 0.463. The van der Waals surface area contributed by atoms with E-state index in [4.69, 9.17) is 22.7 Å². The lowest BCUT2D eigenvalue weighted by Gasteiger charge is -2.37. The SMILES string of the molecule is NC(=S)c1ccc(CN2CCOC3CCCC32)cc1. The van der Waals surface area contributed by atoms with Crippen molar-refractivity contribution in [2.75, 3.05) is 13.2 Å². The average Bonchev–Trinajstić information content (AvgIpc) is 2.89. The van der Waals surface area contributed by atoms with Crippen LogP contribution in [-0.4, -0.2) is 35.2 Å². The maximum Gasteiger partial charge on any atom is 0.103 e. The number of hydrogen-bond acceptors (Lipinski definition) is 3. The average molecular weight is 276 g/mol. The molecule has 1 saturated heterocycles. The fourth-order valence-corrected chi connectivity index (χ4v) is 3.35. The Bertz CT molecular complexity index is 460. The third kappa shape index (κ3) is 2.81. The molecule has 1 aliphatic heterocycles. The molecule has 0 aromatic heterocycles. The molecule has 3 rings (SSSR count). The highest BCUT2D eigenvalue weighted by atomic mass is 32.1. The third-order valence-electron chi connectivity index (χ3n) is 4.22. The first-order valence-electron chi connectivity index (χ1n) is 6.98. The number of ether oxygens (including phenoxy) is 1. The summed E-state index contributed by atoms with van der Waals surface area (Å²) >= 11 is 4.98. The Kier molecular flexibility index (Phi) is 3.82. The predicted molar refractivity (Wildman–Crippen MR) is 80.1 cm³/mol. The summed E-state index contributed by atoms with van der Waals surface area (Å²) < 4.78 is 5.85. The van der Waals surface area contributed by atoms with E-state index in [0.29, 0.717) is 17.1 Å². The summed E-state index contributed by atoms with van der Waals surface area (Å²) in [6.07, 6.45) is 4.26. The van der Waals surface area contributed by atoms with Gasteiger partial charge in [0.05, 0.1) is 12.7 Å². The molecule has 1 saturated carbocycles. The molecule has 1 aliphatic carbocycles. The smallest absolute Gasteiger partial charge is 0.103 e. The molecule has 1 heterocycles. The summed E-state index contributed by atoms with van der Waals surface area (Å²) in [5, 5.41) is 0. The summed E-state index contributed by atoms with van der Waals surface area (Å²) in [6.45, 7) is 2.91. The lowest BCUT2D eigenvalue weighted by atomic mass is 10.1. The minimum absolute atomic E-state index is 0.463. The van der Waals surface area contributed by atoms with E-state index in [0.717, 1.165) is 25.3 Å². The van der Waals surface area contributed by atoms with E-state index in [1.54, 1.807) is 0 Å².